The molecule has 2 heterocycles. The molecule has 0 spiro atoms. The van der Waals surface area contributed by atoms with Crippen molar-refractivity contribution >= 4 is 5.84 Å². The summed E-state index contributed by atoms with van der Waals surface area (Å²) in [5.41, 5.74) is 4.18. The molecule has 3 N–H and O–H groups in total. The Kier molecular flexibility index (Phi) is 2.73. The Morgan fingerprint density at radius 1 is 1.28 bits per heavy atom. The highest BCUT2D eigenvalue weighted by Gasteiger charge is 2.34. The Hall–Kier alpha value is -2.45. The van der Waals surface area contributed by atoms with Gasteiger partial charge in [-0.25, -0.2) is 14.6 Å². The van der Waals surface area contributed by atoms with E-state index in [1.807, 2.05) is 0 Å². The molecule has 2 rings (SSSR count). The quantitative estimate of drug-likeness (QED) is 0.618. The Bertz CT molecular complexity index is 588. The topological polar surface area (TPSA) is 93.5 Å². The van der Waals surface area contributed by atoms with Crippen LogP contribution < -0.4 is 5.73 Å². The lowest BCUT2D eigenvalue weighted by Crippen LogP contribution is -2.18. The van der Waals surface area contributed by atoms with E-state index >= 15 is 0 Å². The second kappa shape index (κ2) is 4.09. The molecule has 0 aliphatic carbocycles. The minimum Gasteiger partial charge on any atom is -0.382 e. The summed E-state index contributed by atoms with van der Waals surface area (Å²) in [7, 11) is 0. The highest BCUT2D eigenvalue weighted by Crippen LogP contribution is 2.27. The van der Waals surface area contributed by atoms with Gasteiger partial charge in [0, 0.05) is 18.6 Å². The fourth-order valence-electron chi connectivity index (χ4n) is 1.28. The molecular formula is C9H7F3N6. The molecule has 9 heteroatoms. The van der Waals surface area contributed by atoms with Crippen LogP contribution in [0.3, 0.4) is 0 Å². The summed E-state index contributed by atoms with van der Waals surface area (Å²) in [6.07, 6.45) is -0.895. The summed E-state index contributed by atoms with van der Waals surface area (Å²) in [5, 5.41) is 10.6. The average molecular weight is 256 g/mol. The summed E-state index contributed by atoms with van der Waals surface area (Å²) in [4.78, 5) is 7.59. The zero-order valence-corrected chi connectivity index (χ0v) is 8.81. The molecule has 0 unspecified atom stereocenters. The summed E-state index contributed by atoms with van der Waals surface area (Å²) in [6.45, 7) is 0. The van der Waals surface area contributed by atoms with E-state index in [4.69, 9.17) is 11.1 Å². The molecule has 2 aromatic rings. The molecule has 0 radical (unpaired) electrons. The lowest BCUT2D eigenvalue weighted by atomic mass is 10.4. The molecule has 0 aromatic carbocycles. The van der Waals surface area contributed by atoms with E-state index in [0.29, 0.717) is 0 Å². The van der Waals surface area contributed by atoms with Crippen LogP contribution in [0.4, 0.5) is 13.2 Å². The Labute approximate surface area is 98.8 Å². The minimum absolute atomic E-state index is 0.0273. The molecule has 0 fully saturated rings. The molecule has 0 bridgehead atoms. The molecule has 2 aromatic heterocycles. The number of hydrogen-bond donors (Lipinski definition) is 2. The van der Waals surface area contributed by atoms with E-state index in [0.717, 1.165) is 16.9 Å². The van der Waals surface area contributed by atoms with Gasteiger partial charge in [0.05, 0.1) is 0 Å². The maximum absolute atomic E-state index is 12.4. The lowest BCUT2D eigenvalue weighted by molar-refractivity contribution is -0.141. The maximum Gasteiger partial charge on any atom is 0.435 e. The van der Waals surface area contributed by atoms with Gasteiger partial charge in [-0.15, -0.1) is 0 Å². The summed E-state index contributed by atoms with van der Waals surface area (Å²) < 4.78 is 38.1. The fraction of sp³-hybridized carbons (Fsp3) is 0.111. The van der Waals surface area contributed by atoms with Crippen molar-refractivity contribution in [1.29, 1.82) is 5.41 Å². The van der Waals surface area contributed by atoms with Crippen LogP contribution in [-0.4, -0.2) is 25.6 Å². The fourth-order valence-corrected chi connectivity index (χ4v) is 1.28. The Balaban J connectivity index is 2.50. The summed E-state index contributed by atoms with van der Waals surface area (Å²) in [5.74, 6) is -0.428. The number of rotatable bonds is 2. The van der Waals surface area contributed by atoms with Crippen LogP contribution in [0.25, 0.3) is 5.82 Å². The molecule has 0 amide bonds. The second-order valence-electron chi connectivity index (χ2n) is 3.29. The van der Waals surface area contributed by atoms with Crippen molar-refractivity contribution in [2.24, 2.45) is 5.73 Å². The Morgan fingerprint density at radius 2 is 1.94 bits per heavy atom. The number of nitrogens with two attached hydrogens (primary N) is 1. The van der Waals surface area contributed by atoms with Crippen LogP contribution in [0, 0.1) is 5.41 Å². The number of alkyl halides is 3. The Morgan fingerprint density at radius 3 is 2.50 bits per heavy atom. The van der Waals surface area contributed by atoms with Crippen molar-refractivity contribution in [1.82, 2.24) is 19.7 Å². The van der Waals surface area contributed by atoms with Crippen molar-refractivity contribution in [2.75, 3.05) is 0 Å². The van der Waals surface area contributed by atoms with Crippen molar-refractivity contribution in [3.8, 4) is 5.82 Å². The summed E-state index contributed by atoms with van der Waals surface area (Å²) in [6, 6.07) is 0.804. The summed E-state index contributed by atoms with van der Waals surface area (Å²) >= 11 is 0. The molecule has 18 heavy (non-hydrogen) atoms. The molecule has 0 saturated carbocycles. The van der Waals surface area contributed by atoms with Crippen LogP contribution in [0.2, 0.25) is 0 Å². The van der Waals surface area contributed by atoms with Gasteiger partial charge in [0.2, 0.25) is 0 Å². The average Bonchev–Trinajstić information content (AvgIpc) is 2.77. The van der Waals surface area contributed by atoms with Crippen molar-refractivity contribution in [3.63, 3.8) is 0 Å². The van der Waals surface area contributed by atoms with E-state index in [-0.39, 0.29) is 11.5 Å². The molecule has 94 valence electrons. The number of halogens is 3. The van der Waals surface area contributed by atoms with Gasteiger partial charge >= 0.3 is 6.18 Å². The van der Waals surface area contributed by atoms with E-state index in [2.05, 4.69) is 15.1 Å². The van der Waals surface area contributed by atoms with Gasteiger partial charge < -0.3 is 5.73 Å². The molecule has 0 atom stereocenters. The number of nitrogens with zero attached hydrogens (tertiary/aromatic N) is 4. The lowest BCUT2D eigenvalue weighted by Gasteiger charge is -2.05. The minimum atomic E-state index is -4.54. The third kappa shape index (κ3) is 2.14. The number of amidine groups is 1. The first-order valence-corrected chi connectivity index (χ1v) is 4.68. The number of nitrogens with one attached hydrogen (secondary N) is 1. The van der Waals surface area contributed by atoms with Crippen LogP contribution in [0.1, 0.15) is 11.4 Å². The smallest absolute Gasteiger partial charge is 0.382 e. The molecule has 0 aliphatic heterocycles. The van der Waals surface area contributed by atoms with Crippen LogP contribution in [-0.2, 0) is 6.18 Å². The van der Waals surface area contributed by atoms with Crippen molar-refractivity contribution < 1.29 is 13.2 Å². The molecule has 0 aliphatic rings. The maximum atomic E-state index is 12.4. The van der Waals surface area contributed by atoms with E-state index < -0.39 is 17.7 Å². The van der Waals surface area contributed by atoms with E-state index in [9.17, 15) is 13.2 Å². The van der Waals surface area contributed by atoms with Gasteiger partial charge in [-0.3, -0.25) is 5.41 Å². The number of hydrogen-bond acceptors (Lipinski definition) is 4. The third-order valence-corrected chi connectivity index (χ3v) is 2.03. The standard InChI is InChI=1S/C9H7F3N6/c10-9(11,12)5-1-4-18(17-5)8-6(7(13)14)15-2-3-16-8/h1-4H,(H3,13,14). The second-order valence-corrected chi connectivity index (χ2v) is 3.29. The van der Waals surface area contributed by atoms with E-state index in [1.54, 1.807) is 0 Å². The van der Waals surface area contributed by atoms with Gasteiger partial charge in [0.1, 0.15) is 11.5 Å². The monoisotopic (exact) mass is 256 g/mol. The van der Waals surface area contributed by atoms with Gasteiger partial charge in [-0.2, -0.15) is 18.3 Å². The van der Waals surface area contributed by atoms with Crippen LogP contribution in [0.15, 0.2) is 24.7 Å². The van der Waals surface area contributed by atoms with Gasteiger partial charge in [0.25, 0.3) is 0 Å². The predicted octanol–water partition coefficient (Wildman–Crippen LogP) is 0.965. The van der Waals surface area contributed by atoms with Crippen molar-refractivity contribution in [2.45, 2.75) is 6.18 Å². The van der Waals surface area contributed by atoms with E-state index in [1.165, 1.54) is 12.4 Å². The zero-order chi connectivity index (χ0) is 13.3. The highest BCUT2D eigenvalue weighted by atomic mass is 19.4. The van der Waals surface area contributed by atoms with Crippen LogP contribution >= 0.6 is 0 Å². The first-order valence-electron chi connectivity index (χ1n) is 4.68. The van der Waals surface area contributed by atoms with Crippen molar-refractivity contribution in [3.05, 3.63) is 36.0 Å². The normalized spacial score (nSPS) is 11.5. The predicted molar refractivity (Wildman–Crippen MR) is 55.2 cm³/mol. The van der Waals surface area contributed by atoms with Gasteiger partial charge in [0.15, 0.2) is 11.5 Å². The van der Waals surface area contributed by atoms with Crippen LogP contribution in [0.5, 0.6) is 0 Å². The van der Waals surface area contributed by atoms with Gasteiger partial charge in [-0.1, -0.05) is 0 Å². The number of nitrogen functional groups attached to an aromatic ring is 1. The first-order chi connectivity index (χ1) is 8.39. The molecule has 6 nitrogen and oxygen atoms in total. The number of aromatic nitrogens is 4. The molecular weight excluding hydrogens is 249 g/mol. The first kappa shape index (κ1) is 12.0. The molecule has 0 saturated heterocycles. The third-order valence-electron chi connectivity index (χ3n) is 2.03. The largest absolute Gasteiger partial charge is 0.435 e. The van der Waals surface area contributed by atoms with Gasteiger partial charge in [-0.05, 0) is 6.07 Å². The zero-order valence-electron chi connectivity index (χ0n) is 8.81. The SMILES string of the molecule is N=C(N)c1nccnc1-n1ccc(C(F)(F)F)n1. The highest BCUT2D eigenvalue weighted by molar-refractivity contribution is 5.95.